The van der Waals surface area contributed by atoms with Gasteiger partial charge in [0.2, 0.25) is 0 Å². The van der Waals surface area contributed by atoms with Crippen molar-refractivity contribution in [2.75, 3.05) is 0 Å². The number of halogens is 1. The third-order valence-corrected chi connectivity index (χ3v) is 6.94. The fraction of sp³-hybridized carbons (Fsp3) is 0.0385. The lowest BCUT2D eigenvalue weighted by Gasteiger charge is -2.05. The molecule has 4 aromatic carbocycles. The van der Waals surface area contributed by atoms with Crippen LogP contribution in [0, 0.1) is 0 Å². The number of fused-ring (bicyclic) bond motifs is 7. The van der Waals surface area contributed by atoms with E-state index < -0.39 is 8.24 Å². The molecule has 0 spiro atoms. The molecular formula is C26H17BrNO3P. The number of hydrogen-bond acceptors (Lipinski definition) is 4. The zero-order valence-electron chi connectivity index (χ0n) is 16.9. The van der Waals surface area contributed by atoms with Crippen molar-refractivity contribution in [3.05, 3.63) is 101 Å². The Balaban J connectivity index is 1.66. The van der Waals surface area contributed by atoms with Crippen LogP contribution >= 0.6 is 24.2 Å². The van der Waals surface area contributed by atoms with Gasteiger partial charge in [-0.2, -0.15) is 0 Å². The van der Waals surface area contributed by atoms with Crippen molar-refractivity contribution in [2.24, 2.45) is 0 Å². The topological polar surface area (TPSA) is 48.4 Å². The van der Waals surface area contributed by atoms with Gasteiger partial charge in [-0.3, -0.25) is 4.52 Å². The molecule has 0 radical (unpaired) electrons. The Morgan fingerprint density at radius 3 is 1.88 bits per heavy atom. The van der Waals surface area contributed by atoms with Crippen molar-refractivity contribution in [1.82, 2.24) is 4.98 Å². The van der Waals surface area contributed by atoms with Crippen LogP contribution in [-0.2, 0) is 6.61 Å². The van der Waals surface area contributed by atoms with E-state index in [4.69, 9.17) is 12.9 Å². The van der Waals surface area contributed by atoms with E-state index in [0.29, 0.717) is 0 Å². The van der Waals surface area contributed by atoms with Gasteiger partial charge in [-0.15, -0.1) is 0 Å². The summed E-state index contributed by atoms with van der Waals surface area (Å²) in [6, 6.07) is 30.6. The molecule has 0 fully saturated rings. The Morgan fingerprint density at radius 2 is 1.28 bits per heavy atom. The molecule has 0 saturated carbocycles. The van der Waals surface area contributed by atoms with Gasteiger partial charge in [0, 0.05) is 10.8 Å². The summed E-state index contributed by atoms with van der Waals surface area (Å²) in [4.78, 5) is 4.44. The highest BCUT2D eigenvalue weighted by Crippen LogP contribution is 2.40. The number of nitrogens with zero attached hydrogens (tertiary/aromatic N) is 1. The number of benzene rings is 4. The van der Waals surface area contributed by atoms with E-state index >= 15 is 0 Å². The summed E-state index contributed by atoms with van der Waals surface area (Å²) in [6.45, 7) is 0.289. The zero-order valence-corrected chi connectivity index (χ0v) is 19.3. The minimum absolute atomic E-state index is 0.289. The van der Waals surface area contributed by atoms with Gasteiger partial charge in [0.05, 0.1) is 5.69 Å². The van der Waals surface area contributed by atoms with Gasteiger partial charge in [0.1, 0.15) is 22.4 Å². The zero-order chi connectivity index (χ0) is 21.5. The van der Waals surface area contributed by atoms with Crippen LogP contribution in [0.4, 0.5) is 0 Å². The second-order valence-electron chi connectivity index (χ2n) is 7.45. The van der Waals surface area contributed by atoms with E-state index in [2.05, 4.69) is 69.4 Å². The molecular weight excluding hydrogens is 485 g/mol. The Bertz CT molecular complexity index is 1560. The molecule has 0 N–H and O–H groups in total. The summed E-state index contributed by atoms with van der Waals surface area (Å²) in [5.74, 6) is 0. The molecule has 32 heavy (non-hydrogen) atoms. The van der Waals surface area contributed by atoms with Gasteiger partial charge in [0.25, 0.3) is 0 Å². The number of rotatable bonds is 3. The molecule has 2 heterocycles. The standard InChI is InChI=1S/C26H17BrNO3P/c27-24-11-5-8-19(28-24)16-29-32-30-22-14-12-17-6-1-3-9-20(17)25(22)26-21-10-4-2-7-18(21)13-15-23(26)31-32/h1-15H,16H2. The average molecular weight is 502 g/mol. The Morgan fingerprint density at radius 1 is 0.688 bits per heavy atom. The largest absolute Gasteiger partial charge is 0.399 e. The van der Waals surface area contributed by atoms with Gasteiger partial charge < -0.3 is 8.39 Å². The van der Waals surface area contributed by atoms with Crippen LogP contribution in [0.3, 0.4) is 0 Å². The summed E-state index contributed by atoms with van der Waals surface area (Å²) in [7, 11) is -1.67. The van der Waals surface area contributed by atoms with E-state index in [-0.39, 0.29) is 6.61 Å². The lowest BCUT2D eigenvalue weighted by Crippen LogP contribution is -1.95. The highest BCUT2D eigenvalue weighted by molar-refractivity contribution is 9.10. The third kappa shape index (κ3) is 3.49. The van der Waals surface area contributed by atoms with E-state index in [9.17, 15) is 0 Å². The SMILES string of the molecule is Brc1cccc(COp2oc3ccc4ccccc4c3c3c(ccc4ccccc43)o2)n1. The monoisotopic (exact) mass is 501 g/mol. The van der Waals surface area contributed by atoms with Crippen molar-refractivity contribution >= 4 is 67.7 Å². The van der Waals surface area contributed by atoms with Gasteiger partial charge in [0.15, 0.2) is 0 Å². The molecule has 0 atom stereocenters. The maximum absolute atomic E-state index is 6.33. The second kappa shape index (κ2) is 8.10. The van der Waals surface area contributed by atoms with Gasteiger partial charge in [-0.25, -0.2) is 4.98 Å². The van der Waals surface area contributed by atoms with Gasteiger partial charge in [-0.05, 0) is 61.7 Å². The van der Waals surface area contributed by atoms with E-state index in [1.165, 1.54) is 0 Å². The van der Waals surface area contributed by atoms with Crippen molar-refractivity contribution < 1.29 is 12.9 Å². The van der Waals surface area contributed by atoms with Crippen LogP contribution in [0.5, 0.6) is 0 Å². The molecule has 0 saturated heterocycles. The molecule has 0 bridgehead atoms. The molecule has 4 nitrogen and oxygen atoms in total. The summed E-state index contributed by atoms with van der Waals surface area (Å²) in [6.07, 6.45) is 0. The molecule has 0 unspecified atom stereocenters. The lowest BCUT2D eigenvalue weighted by atomic mass is 9.99. The minimum Gasteiger partial charge on any atom is -0.399 e. The number of aromatic nitrogens is 1. The van der Waals surface area contributed by atoms with Gasteiger partial charge in [-0.1, -0.05) is 66.7 Å². The molecule has 0 aliphatic rings. The molecule has 6 aromatic rings. The highest BCUT2D eigenvalue weighted by atomic mass is 79.9. The normalized spacial score (nSPS) is 11.5. The fourth-order valence-electron chi connectivity index (χ4n) is 4.05. The predicted octanol–water partition coefficient (Wildman–Crippen LogP) is 8.38. The van der Waals surface area contributed by atoms with Crippen molar-refractivity contribution in [1.29, 1.82) is 0 Å². The van der Waals surface area contributed by atoms with Crippen LogP contribution in [-0.4, -0.2) is 4.98 Å². The molecule has 0 amide bonds. The highest BCUT2D eigenvalue weighted by Gasteiger charge is 2.13. The Labute approximate surface area is 193 Å². The maximum Gasteiger partial charge on any atom is 0.387 e. The van der Waals surface area contributed by atoms with Crippen molar-refractivity contribution in [3.8, 4) is 0 Å². The first-order chi connectivity index (χ1) is 15.8. The van der Waals surface area contributed by atoms with Gasteiger partial charge >= 0.3 is 8.24 Å². The first-order valence-electron chi connectivity index (χ1n) is 10.2. The van der Waals surface area contributed by atoms with Crippen LogP contribution in [0.25, 0.3) is 43.5 Å². The maximum atomic E-state index is 6.33. The molecule has 0 aliphatic carbocycles. The first-order valence-corrected chi connectivity index (χ1v) is 12.1. The van der Waals surface area contributed by atoms with E-state index in [0.717, 1.165) is 53.8 Å². The summed E-state index contributed by atoms with van der Waals surface area (Å²) in [5, 5.41) is 6.61. The average Bonchev–Trinajstić information content (AvgIpc) is 2.99. The molecule has 6 heteroatoms. The van der Waals surface area contributed by atoms with Crippen LogP contribution in [0.1, 0.15) is 5.69 Å². The molecule has 156 valence electrons. The van der Waals surface area contributed by atoms with Crippen molar-refractivity contribution in [3.63, 3.8) is 0 Å². The lowest BCUT2D eigenvalue weighted by molar-refractivity contribution is 0.359. The molecule has 2 aromatic heterocycles. The van der Waals surface area contributed by atoms with Crippen LogP contribution < -0.4 is 4.52 Å². The summed E-state index contributed by atoms with van der Waals surface area (Å²) < 4.78 is 19.5. The van der Waals surface area contributed by atoms with Crippen LogP contribution in [0.2, 0.25) is 0 Å². The number of hydrogen-bond donors (Lipinski definition) is 0. The quantitative estimate of drug-likeness (QED) is 0.228. The third-order valence-electron chi connectivity index (χ3n) is 5.47. The van der Waals surface area contributed by atoms with Crippen LogP contribution in [0.15, 0.2) is 104 Å². The molecule has 6 rings (SSSR count). The Kier molecular flexibility index (Phi) is 4.95. The fourth-order valence-corrected chi connectivity index (χ4v) is 5.44. The summed E-state index contributed by atoms with van der Waals surface area (Å²) in [5.41, 5.74) is 2.31. The van der Waals surface area contributed by atoms with E-state index in [1.54, 1.807) is 0 Å². The first kappa shape index (κ1) is 19.6. The Hall–Kier alpha value is -3.11. The smallest absolute Gasteiger partial charge is 0.387 e. The molecule has 0 aliphatic heterocycles. The second-order valence-corrected chi connectivity index (χ2v) is 9.33. The predicted molar refractivity (Wildman–Crippen MR) is 134 cm³/mol. The van der Waals surface area contributed by atoms with E-state index in [1.807, 2.05) is 42.5 Å². The summed E-state index contributed by atoms with van der Waals surface area (Å²) >= 11 is 3.41. The number of pyridine rings is 1. The van der Waals surface area contributed by atoms with Crippen molar-refractivity contribution in [2.45, 2.75) is 6.61 Å². The minimum atomic E-state index is -1.67.